The number of nitrogens with one attached hydrogen (secondary N) is 2. The van der Waals surface area contributed by atoms with Gasteiger partial charge in [0.05, 0.1) is 0 Å². The summed E-state index contributed by atoms with van der Waals surface area (Å²) < 4.78 is 19.5. The van der Waals surface area contributed by atoms with Gasteiger partial charge in [0.2, 0.25) is 0 Å². The van der Waals surface area contributed by atoms with E-state index in [-0.39, 0.29) is 36.4 Å². The molecule has 4 amide bonds. The first-order chi connectivity index (χ1) is 16.1. The standard InChI is InChI=1S/C23H24BFN4O5/c1-4-19(30)27-21(31)20(24)29-12-16-15(22(29)32)6-5-7-18(16)26-11-13-10-14(8-9-17(13)25)34-23(33)28(2)3/h5-10,24,26H,4,11-12H2,1-3H3,(H,27,30,31). The van der Waals surface area contributed by atoms with Gasteiger partial charge in [-0.15, -0.1) is 0 Å². The number of hydrogen-bond acceptors (Lipinski definition) is 6. The van der Waals surface area contributed by atoms with Crippen LogP contribution in [0.4, 0.5) is 14.9 Å². The normalized spacial score (nSPS) is 12.1. The molecule has 2 N–H and O–H groups in total. The van der Waals surface area contributed by atoms with Crippen molar-refractivity contribution in [1.29, 1.82) is 0 Å². The van der Waals surface area contributed by atoms with Crippen LogP contribution in [0.2, 0.25) is 0 Å². The van der Waals surface area contributed by atoms with E-state index >= 15 is 0 Å². The topological polar surface area (TPSA) is 108 Å². The van der Waals surface area contributed by atoms with Crippen molar-refractivity contribution in [2.75, 3.05) is 19.4 Å². The number of rotatable bonds is 7. The van der Waals surface area contributed by atoms with Gasteiger partial charge in [-0.05, 0) is 0 Å². The van der Waals surface area contributed by atoms with Crippen LogP contribution in [0.15, 0.2) is 36.4 Å². The zero-order valence-corrected chi connectivity index (χ0v) is 19.1. The molecule has 0 aromatic heterocycles. The van der Waals surface area contributed by atoms with Crippen molar-refractivity contribution in [3.8, 4) is 5.75 Å². The summed E-state index contributed by atoms with van der Waals surface area (Å²) in [7, 11) is 6.74. The van der Waals surface area contributed by atoms with Crippen LogP contribution < -0.4 is 15.4 Å². The number of fused-ring (bicyclic) bond motifs is 1. The first kappa shape index (κ1) is 24.6. The number of anilines is 1. The second-order valence-electron chi connectivity index (χ2n) is 7.77. The van der Waals surface area contributed by atoms with Crippen molar-refractivity contribution < 1.29 is 28.3 Å². The average Bonchev–Trinajstić information content (AvgIpc) is 3.15. The molecule has 0 saturated carbocycles. The van der Waals surface area contributed by atoms with Gasteiger partial charge < -0.3 is 4.90 Å². The van der Waals surface area contributed by atoms with Gasteiger partial charge in [0.25, 0.3) is 0 Å². The Morgan fingerprint density at radius 2 is 1.94 bits per heavy atom. The Kier molecular flexibility index (Phi) is 7.45. The van der Waals surface area contributed by atoms with Crippen molar-refractivity contribution in [1.82, 2.24) is 15.1 Å². The van der Waals surface area contributed by atoms with E-state index in [0.717, 1.165) is 0 Å². The van der Waals surface area contributed by atoms with E-state index in [1.165, 1.54) is 42.1 Å². The van der Waals surface area contributed by atoms with Crippen molar-refractivity contribution >= 4 is 42.6 Å². The number of amides is 4. The Labute approximate surface area is 196 Å². The number of carbonyl (C=O) groups excluding carboxylic acids is 4. The molecule has 1 aliphatic heterocycles. The van der Waals surface area contributed by atoms with Gasteiger partial charge in [-0.1, -0.05) is 0 Å². The molecule has 2 aromatic carbocycles. The fraction of sp³-hybridized carbons (Fsp3) is 0.261. The molecule has 0 fully saturated rings. The monoisotopic (exact) mass is 466 g/mol. The van der Waals surface area contributed by atoms with E-state index in [1.807, 2.05) is 0 Å². The van der Waals surface area contributed by atoms with E-state index in [4.69, 9.17) is 4.74 Å². The van der Waals surface area contributed by atoms with Crippen molar-refractivity contribution in [2.24, 2.45) is 0 Å². The maximum absolute atomic E-state index is 14.4. The molecule has 0 aliphatic carbocycles. The molecule has 11 heteroatoms. The second-order valence-corrected chi connectivity index (χ2v) is 7.77. The molecule has 0 spiro atoms. The van der Waals surface area contributed by atoms with E-state index in [0.29, 0.717) is 16.8 Å². The van der Waals surface area contributed by atoms with Crippen LogP contribution in [0.25, 0.3) is 0 Å². The number of halogens is 1. The quantitative estimate of drug-likeness (QED) is 0.600. The Hall–Kier alpha value is -4.02. The molecular formula is C23H24BFN4O5. The van der Waals surface area contributed by atoms with Gasteiger partial charge in [0.15, 0.2) is 0 Å². The molecular weight excluding hydrogens is 442 g/mol. The summed E-state index contributed by atoms with van der Waals surface area (Å²) in [6.07, 6.45) is -0.470. The first-order valence-corrected chi connectivity index (χ1v) is 10.5. The van der Waals surface area contributed by atoms with E-state index in [1.54, 1.807) is 25.1 Å². The molecule has 1 aliphatic rings. The minimum absolute atomic E-state index is 0.0519. The number of ether oxygens (including phenoxy) is 1. The summed E-state index contributed by atoms with van der Waals surface area (Å²) in [4.78, 5) is 50.8. The third-order valence-electron chi connectivity index (χ3n) is 5.19. The van der Waals surface area contributed by atoms with Crippen LogP contribution in [0.1, 0.15) is 34.8 Å². The molecule has 0 atom stereocenters. The third kappa shape index (κ3) is 5.30. The van der Waals surface area contributed by atoms with Crippen LogP contribution in [-0.4, -0.2) is 60.8 Å². The third-order valence-corrected chi connectivity index (χ3v) is 5.19. The predicted octanol–water partition coefficient (Wildman–Crippen LogP) is 1.54. The summed E-state index contributed by atoms with van der Waals surface area (Å²) in [5, 5.41) is 5.28. The van der Waals surface area contributed by atoms with Gasteiger partial charge in [-0.3, -0.25) is 0 Å². The number of nitrogens with zero attached hydrogens (tertiary/aromatic N) is 2. The Morgan fingerprint density at radius 1 is 1.21 bits per heavy atom. The predicted molar refractivity (Wildman–Crippen MR) is 125 cm³/mol. The van der Waals surface area contributed by atoms with E-state index in [9.17, 15) is 23.6 Å². The summed E-state index contributed by atoms with van der Waals surface area (Å²) in [5.41, 5.74) is 1.66. The van der Waals surface area contributed by atoms with Crippen LogP contribution in [0.5, 0.6) is 5.75 Å². The van der Waals surface area contributed by atoms with Crippen LogP contribution in [0.3, 0.4) is 0 Å². The average molecular weight is 466 g/mol. The molecule has 0 unspecified atom stereocenters. The van der Waals surface area contributed by atoms with Crippen molar-refractivity contribution in [3.63, 3.8) is 0 Å². The summed E-state index contributed by atoms with van der Waals surface area (Å²) in [6.45, 7) is 1.72. The number of imide groups is 1. The van der Waals surface area contributed by atoms with Gasteiger partial charge in [-0.2, -0.15) is 0 Å². The van der Waals surface area contributed by atoms with Crippen molar-refractivity contribution in [2.45, 2.75) is 26.4 Å². The minimum atomic E-state index is -0.742. The summed E-state index contributed by atoms with van der Waals surface area (Å²) in [6, 6.07) is 8.99. The van der Waals surface area contributed by atoms with E-state index < -0.39 is 29.6 Å². The molecule has 34 heavy (non-hydrogen) atoms. The SMILES string of the molecule is B=C(C(=O)NC(=O)CC)N1Cc2c(NCc3cc(OC(=O)N(C)C)ccc3F)cccc2C1=O. The number of carbonyl (C=O) groups is 4. The molecule has 176 valence electrons. The van der Waals surface area contributed by atoms with Gasteiger partial charge in [0, 0.05) is 14.1 Å². The summed E-state index contributed by atoms with van der Waals surface area (Å²) in [5.74, 6) is -1.94. The number of benzene rings is 2. The Bertz CT molecular complexity index is 1180. The zero-order valence-electron chi connectivity index (χ0n) is 19.1. The number of hydrogen-bond donors (Lipinski definition) is 2. The molecule has 1 heterocycles. The maximum atomic E-state index is 14.4. The molecule has 2 aromatic rings. The summed E-state index contributed by atoms with van der Waals surface area (Å²) >= 11 is 0. The molecule has 0 radical (unpaired) electrons. The first-order valence-electron chi connectivity index (χ1n) is 10.5. The van der Waals surface area contributed by atoms with Crippen molar-refractivity contribution in [3.05, 3.63) is 58.9 Å². The van der Waals surface area contributed by atoms with Crippen LogP contribution in [0, 0.1) is 5.82 Å². The fourth-order valence-corrected chi connectivity index (χ4v) is 3.26. The molecule has 3 rings (SSSR count). The Balaban J connectivity index is 1.75. The molecule has 0 bridgehead atoms. The van der Waals surface area contributed by atoms with Crippen LogP contribution >= 0.6 is 0 Å². The molecule has 9 nitrogen and oxygen atoms in total. The zero-order chi connectivity index (χ0) is 25.0. The second kappa shape index (κ2) is 10.3. The van der Waals surface area contributed by atoms with E-state index in [2.05, 4.69) is 18.1 Å². The Morgan fingerprint density at radius 3 is 2.62 bits per heavy atom. The van der Waals surface area contributed by atoms with Gasteiger partial charge in [-0.25, -0.2) is 4.79 Å². The molecule has 0 saturated heterocycles. The van der Waals surface area contributed by atoms with Gasteiger partial charge >= 0.3 is 173 Å². The van der Waals surface area contributed by atoms with Crippen LogP contribution in [-0.2, 0) is 22.7 Å². The fourth-order valence-electron chi connectivity index (χ4n) is 3.26. The van der Waals surface area contributed by atoms with Gasteiger partial charge in [0.1, 0.15) is 0 Å².